The number of fused-ring (bicyclic) bond motifs is 1. The summed E-state index contributed by atoms with van der Waals surface area (Å²) in [5, 5.41) is 9.46. The zero-order valence-corrected chi connectivity index (χ0v) is 7.06. The monoisotopic (exact) mass is 178 g/mol. The van der Waals surface area contributed by atoms with E-state index in [1.165, 1.54) is 6.08 Å². The van der Waals surface area contributed by atoms with Gasteiger partial charge in [-0.2, -0.15) is 4.89 Å². The van der Waals surface area contributed by atoms with Crippen molar-refractivity contribution in [3.8, 4) is 5.75 Å². The van der Waals surface area contributed by atoms with Crippen molar-refractivity contribution in [3.63, 3.8) is 0 Å². The molecule has 0 amide bonds. The van der Waals surface area contributed by atoms with E-state index >= 15 is 0 Å². The third kappa shape index (κ3) is 1.43. The van der Waals surface area contributed by atoms with E-state index in [0.717, 1.165) is 16.9 Å². The van der Waals surface area contributed by atoms with Gasteiger partial charge in [-0.1, -0.05) is 12.1 Å². The van der Waals surface area contributed by atoms with Gasteiger partial charge in [0.25, 0.3) is 0 Å². The molecule has 1 aliphatic heterocycles. The van der Waals surface area contributed by atoms with Gasteiger partial charge in [0.2, 0.25) is 0 Å². The number of aliphatic hydroxyl groups is 1. The number of aliphatic hydroxyl groups excluding tert-OH is 1. The molecule has 1 aliphatic rings. The van der Waals surface area contributed by atoms with Crippen molar-refractivity contribution in [1.82, 2.24) is 0 Å². The third-order valence-electron chi connectivity index (χ3n) is 2.01. The van der Waals surface area contributed by atoms with E-state index < -0.39 is 6.10 Å². The lowest BCUT2D eigenvalue weighted by Gasteiger charge is -2.05. The molecular weight excluding hydrogens is 168 g/mol. The molecule has 3 heteroatoms. The molecule has 3 nitrogen and oxygen atoms in total. The van der Waals surface area contributed by atoms with Gasteiger partial charge >= 0.3 is 0 Å². The van der Waals surface area contributed by atoms with Crippen molar-refractivity contribution in [2.45, 2.75) is 12.7 Å². The van der Waals surface area contributed by atoms with Crippen molar-refractivity contribution in [2.75, 3.05) is 0 Å². The highest BCUT2D eigenvalue weighted by Crippen LogP contribution is 2.28. The minimum absolute atomic E-state index is 0.438. The molecule has 68 valence electrons. The lowest BCUT2D eigenvalue weighted by Crippen LogP contribution is -1.92. The Hall–Kier alpha value is -1.32. The second kappa shape index (κ2) is 3.20. The van der Waals surface area contributed by atoms with Gasteiger partial charge in [-0.25, -0.2) is 0 Å². The first-order chi connectivity index (χ1) is 6.31. The predicted octanol–water partition coefficient (Wildman–Crippen LogP) is 1.73. The highest BCUT2D eigenvalue weighted by atomic mass is 17.2. The minimum Gasteiger partial charge on any atom is -0.384 e. The van der Waals surface area contributed by atoms with Crippen LogP contribution in [-0.4, -0.2) is 5.11 Å². The fourth-order valence-electron chi connectivity index (χ4n) is 1.27. The van der Waals surface area contributed by atoms with E-state index in [9.17, 15) is 5.11 Å². The summed E-state index contributed by atoms with van der Waals surface area (Å²) in [6, 6.07) is 5.43. The van der Waals surface area contributed by atoms with Gasteiger partial charge in [-0.3, -0.25) is 0 Å². The SMILES string of the molecule is C=CC(O)c1ccc2c(c1)COO2. The van der Waals surface area contributed by atoms with Crippen molar-refractivity contribution >= 4 is 0 Å². The Balaban J connectivity index is 2.35. The van der Waals surface area contributed by atoms with Gasteiger partial charge in [0.1, 0.15) is 6.61 Å². The van der Waals surface area contributed by atoms with Crippen LogP contribution in [0.15, 0.2) is 30.9 Å². The molecule has 1 atom stereocenters. The fraction of sp³-hybridized carbons (Fsp3) is 0.200. The Bertz CT molecular complexity index is 333. The molecule has 0 bridgehead atoms. The average molecular weight is 178 g/mol. The van der Waals surface area contributed by atoms with Crippen LogP contribution in [0.1, 0.15) is 17.2 Å². The van der Waals surface area contributed by atoms with Gasteiger partial charge in [-0.05, 0) is 17.7 Å². The standard InChI is InChI=1S/C10H10O3/c1-2-9(11)7-3-4-10-8(5-7)6-12-13-10/h2-5,9,11H,1,6H2. The molecule has 0 saturated heterocycles. The zero-order valence-electron chi connectivity index (χ0n) is 7.06. The number of hydrogen-bond donors (Lipinski definition) is 1. The Morgan fingerprint density at radius 3 is 3.15 bits per heavy atom. The largest absolute Gasteiger partial charge is 0.384 e. The summed E-state index contributed by atoms with van der Waals surface area (Å²) in [5.41, 5.74) is 1.77. The number of hydrogen-bond acceptors (Lipinski definition) is 3. The van der Waals surface area contributed by atoms with Crippen LogP contribution in [0.25, 0.3) is 0 Å². The molecular formula is C10H10O3. The van der Waals surface area contributed by atoms with E-state index in [2.05, 4.69) is 6.58 Å². The molecule has 0 aromatic heterocycles. The van der Waals surface area contributed by atoms with Crippen LogP contribution in [0.5, 0.6) is 5.75 Å². The number of rotatable bonds is 2. The van der Waals surface area contributed by atoms with Crippen LogP contribution in [0, 0.1) is 0 Å². The van der Waals surface area contributed by atoms with Crippen molar-refractivity contribution in [3.05, 3.63) is 42.0 Å². The van der Waals surface area contributed by atoms with Gasteiger partial charge < -0.3 is 9.99 Å². The maximum atomic E-state index is 9.46. The molecule has 2 rings (SSSR count). The summed E-state index contributed by atoms with van der Waals surface area (Å²) in [7, 11) is 0. The molecule has 1 aromatic carbocycles. The van der Waals surface area contributed by atoms with E-state index in [1.807, 2.05) is 6.07 Å². The van der Waals surface area contributed by atoms with Crippen LogP contribution in [0.3, 0.4) is 0 Å². The molecule has 0 fully saturated rings. The lowest BCUT2D eigenvalue weighted by molar-refractivity contribution is -0.194. The van der Waals surface area contributed by atoms with Gasteiger partial charge in [0, 0.05) is 5.56 Å². The first-order valence-electron chi connectivity index (χ1n) is 4.04. The molecule has 0 radical (unpaired) electrons. The lowest BCUT2D eigenvalue weighted by atomic mass is 10.1. The summed E-state index contributed by atoms with van der Waals surface area (Å²) in [4.78, 5) is 9.64. The van der Waals surface area contributed by atoms with Crippen LogP contribution < -0.4 is 4.89 Å². The smallest absolute Gasteiger partial charge is 0.171 e. The fourth-order valence-corrected chi connectivity index (χ4v) is 1.27. The van der Waals surface area contributed by atoms with Crippen LogP contribution in [0.2, 0.25) is 0 Å². The Labute approximate surface area is 76.1 Å². The second-order valence-corrected chi connectivity index (χ2v) is 2.89. The molecule has 0 aliphatic carbocycles. The number of benzene rings is 1. The maximum absolute atomic E-state index is 9.46. The van der Waals surface area contributed by atoms with Crippen LogP contribution in [0.4, 0.5) is 0 Å². The normalized spacial score (nSPS) is 16.1. The van der Waals surface area contributed by atoms with Gasteiger partial charge in [-0.15, -0.1) is 6.58 Å². The summed E-state index contributed by atoms with van der Waals surface area (Å²) in [6.07, 6.45) is 0.865. The summed E-state index contributed by atoms with van der Waals surface area (Å²) < 4.78 is 0. The summed E-state index contributed by atoms with van der Waals surface area (Å²) >= 11 is 0. The quantitative estimate of drug-likeness (QED) is 0.553. The molecule has 1 heterocycles. The van der Waals surface area contributed by atoms with Crippen molar-refractivity contribution in [1.29, 1.82) is 0 Å². The van der Waals surface area contributed by atoms with Gasteiger partial charge in [0.05, 0.1) is 6.10 Å². The molecule has 0 spiro atoms. The maximum Gasteiger partial charge on any atom is 0.171 e. The predicted molar refractivity (Wildman–Crippen MR) is 47.0 cm³/mol. The van der Waals surface area contributed by atoms with E-state index in [1.54, 1.807) is 12.1 Å². The highest BCUT2D eigenvalue weighted by Gasteiger charge is 2.15. The molecule has 1 aromatic rings. The highest BCUT2D eigenvalue weighted by molar-refractivity contribution is 5.39. The van der Waals surface area contributed by atoms with Crippen LogP contribution >= 0.6 is 0 Å². The summed E-state index contributed by atoms with van der Waals surface area (Å²) in [5.74, 6) is 0.722. The average Bonchev–Trinajstić information content (AvgIpc) is 2.63. The van der Waals surface area contributed by atoms with E-state index in [4.69, 9.17) is 9.78 Å². The minimum atomic E-state index is -0.620. The Kier molecular flexibility index (Phi) is 2.04. The van der Waals surface area contributed by atoms with Crippen LogP contribution in [-0.2, 0) is 11.5 Å². The first-order valence-corrected chi connectivity index (χ1v) is 4.04. The molecule has 1 N–H and O–H groups in total. The van der Waals surface area contributed by atoms with E-state index in [-0.39, 0.29) is 0 Å². The first kappa shape index (κ1) is 8.29. The molecule has 13 heavy (non-hydrogen) atoms. The van der Waals surface area contributed by atoms with E-state index in [0.29, 0.717) is 6.61 Å². The zero-order chi connectivity index (χ0) is 9.26. The van der Waals surface area contributed by atoms with Crippen molar-refractivity contribution in [2.24, 2.45) is 0 Å². The van der Waals surface area contributed by atoms with Gasteiger partial charge in [0.15, 0.2) is 5.75 Å². The Morgan fingerprint density at radius 2 is 2.38 bits per heavy atom. The second-order valence-electron chi connectivity index (χ2n) is 2.89. The topological polar surface area (TPSA) is 38.7 Å². The molecule has 0 saturated carbocycles. The summed E-state index contributed by atoms with van der Waals surface area (Å²) in [6.45, 7) is 3.96. The molecule has 1 unspecified atom stereocenters. The Morgan fingerprint density at radius 1 is 1.54 bits per heavy atom. The van der Waals surface area contributed by atoms with Crippen molar-refractivity contribution < 1.29 is 14.9 Å². The third-order valence-corrected chi connectivity index (χ3v) is 2.01.